The van der Waals surface area contributed by atoms with E-state index in [9.17, 15) is 4.79 Å². The Kier molecular flexibility index (Phi) is 3.48. The van der Waals surface area contributed by atoms with Gasteiger partial charge in [0.25, 0.3) is 0 Å². The molecule has 1 fully saturated rings. The molecule has 0 aromatic heterocycles. The molecule has 0 saturated heterocycles. The monoisotopic (exact) mass is 183 g/mol. The van der Waals surface area contributed by atoms with Gasteiger partial charge in [0.05, 0.1) is 0 Å². The molecule has 1 aliphatic carbocycles. The van der Waals surface area contributed by atoms with Crippen molar-refractivity contribution >= 4 is 5.97 Å². The lowest BCUT2D eigenvalue weighted by Crippen LogP contribution is -2.30. The van der Waals surface area contributed by atoms with Crippen molar-refractivity contribution in [3.05, 3.63) is 12.2 Å². The predicted molar refractivity (Wildman–Crippen MR) is 51.6 cm³/mol. The minimum atomic E-state index is -0.868. The number of carboxylic acid groups (broad SMARTS) is 1. The van der Waals surface area contributed by atoms with Crippen LogP contribution in [0, 0.1) is 5.92 Å². The van der Waals surface area contributed by atoms with Crippen LogP contribution >= 0.6 is 0 Å². The van der Waals surface area contributed by atoms with E-state index >= 15 is 0 Å². The molecule has 1 N–H and O–H groups in total. The Labute approximate surface area is 79.0 Å². The summed E-state index contributed by atoms with van der Waals surface area (Å²) in [6, 6.07) is 0.582. The van der Waals surface area contributed by atoms with Crippen LogP contribution in [-0.4, -0.2) is 35.6 Å². The van der Waals surface area contributed by atoms with Crippen molar-refractivity contribution in [2.45, 2.75) is 25.8 Å². The molecule has 3 nitrogen and oxygen atoms in total. The van der Waals surface area contributed by atoms with Gasteiger partial charge >= 0.3 is 5.97 Å². The molecule has 74 valence electrons. The second-order valence-electron chi connectivity index (χ2n) is 3.76. The first-order chi connectivity index (χ1) is 6.11. The molecular weight excluding hydrogens is 166 g/mol. The Hall–Kier alpha value is -0.830. The van der Waals surface area contributed by atoms with Crippen LogP contribution in [0.3, 0.4) is 0 Å². The van der Waals surface area contributed by atoms with E-state index in [1.807, 2.05) is 7.05 Å². The molecule has 0 amide bonds. The second kappa shape index (κ2) is 4.42. The van der Waals surface area contributed by atoms with Gasteiger partial charge in [-0.15, -0.1) is 0 Å². The lowest BCUT2D eigenvalue weighted by molar-refractivity contribution is -0.131. The lowest BCUT2D eigenvalue weighted by atomic mass is 10.2. The van der Waals surface area contributed by atoms with Crippen molar-refractivity contribution < 1.29 is 9.90 Å². The maximum absolute atomic E-state index is 10.2. The van der Waals surface area contributed by atoms with Gasteiger partial charge in [-0.05, 0) is 32.7 Å². The van der Waals surface area contributed by atoms with Crippen molar-refractivity contribution in [1.82, 2.24) is 4.90 Å². The normalized spacial score (nSPS) is 19.6. The summed E-state index contributed by atoms with van der Waals surface area (Å²) in [5.74, 6) is -0.0318. The van der Waals surface area contributed by atoms with E-state index in [0.717, 1.165) is 12.5 Å². The summed E-state index contributed by atoms with van der Waals surface area (Å²) in [5, 5.41) is 8.38. The average Bonchev–Trinajstić information content (AvgIpc) is 2.84. The molecule has 0 aromatic carbocycles. The fourth-order valence-electron chi connectivity index (χ4n) is 1.42. The van der Waals surface area contributed by atoms with Crippen LogP contribution in [0.2, 0.25) is 0 Å². The highest BCUT2D eigenvalue weighted by atomic mass is 16.4. The summed E-state index contributed by atoms with van der Waals surface area (Å²) in [5.41, 5.74) is 0. The summed E-state index contributed by atoms with van der Waals surface area (Å²) in [7, 11) is 2.04. The number of hydrogen-bond acceptors (Lipinski definition) is 2. The van der Waals surface area contributed by atoms with Gasteiger partial charge in [-0.2, -0.15) is 0 Å². The highest BCUT2D eigenvalue weighted by Crippen LogP contribution is 2.34. The molecule has 3 heteroatoms. The summed E-state index contributed by atoms with van der Waals surface area (Å²) < 4.78 is 0. The van der Waals surface area contributed by atoms with Gasteiger partial charge in [-0.25, -0.2) is 4.79 Å². The van der Waals surface area contributed by atoms with Gasteiger partial charge in [0, 0.05) is 18.7 Å². The van der Waals surface area contributed by atoms with Crippen molar-refractivity contribution in [1.29, 1.82) is 0 Å². The molecule has 0 radical (unpaired) electrons. The third-order valence-corrected chi connectivity index (χ3v) is 2.65. The van der Waals surface area contributed by atoms with E-state index in [-0.39, 0.29) is 0 Å². The van der Waals surface area contributed by atoms with Crippen LogP contribution in [-0.2, 0) is 4.79 Å². The molecule has 1 saturated carbocycles. The molecular formula is C10H17NO2. The lowest BCUT2D eigenvalue weighted by Gasteiger charge is -2.22. The zero-order valence-electron chi connectivity index (χ0n) is 8.23. The summed E-state index contributed by atoms with van der Waals surface area (Å²) in [6.07, 6.45) is 5.56. The molecule has 0 spiro atoms. The van der Waals surface area contributed by atoms with Gasteiger partial charge in [-0.3, -0.25) is 4.90 Å². The minimum absolute atomic E-state index is 0.582. The van der Waals surface area contributed by atoms with Crippen LogP contribution in [0.15, 0.2) is 12.2 Å². The van der Waals surface area contributed by atoms with Crippen molar-refractivity contribution in [2.75, 3.05) is 13.6 Å². The van der Waals surface area contributed by atoms with Gasteiger partial charge < -0.3 is 5.11 Å². The number of hydrogen-bond donors (Lipinski definition) is 1. The van der Waals surface area contributed by atoms with E-state index in [1.54, 1.807) is 6.08 Å². The minimum Gasteiger partial charge on any atom is -0.478 e. The number of carboxylic acids is 1. The zero-order chi connectivity index (χ0) is 9.84. The third kappa shape index (κ3) is 3.59. The van der Waals surface area contributed by atoms with E-state index in [1.165, 1.54) is 18.9 Å². The number of rotatable bonds is 5. The standard InChI is InChI=1S/C10H17NO2/c1-8(9-5-6-9)11(2)7-3-4-10(12)13/h3-4,8-9H,5-7H2,1-2H3,(H,12,13). The number of aliphatic carboxylic acids is 1. The predicted octanol–water partition coefficient (Wildman–Crippen LogP) is 1.36. The first-order valence-electron chi connectivity index (χ1n) is 4.71. The van der Waals surface area contributed by atoms with Gasteiger partial charge in [0.15, 0.2) is 0 Å². The molecule has 0 heterocycles. The summed E-state index contributed by atoms with van der Waals surface area (Å²) in [6.45, 7) is 2.93. The van der Waals surface area contributed by atoms with Crippen LogP contribution < -0.4 is 0 Å². The number of likely N-dealkylation sites (N-methyl/N-ethyl adjacent to an activating group) is 1. The van der Waals surface area contributed by atoms with Crippen molar-refractivity contribution in [3.8, 4) is 0 Å². The Morgan fingerprint density at radius 2 is 2.31 bits per heavy atom. The Morgan fingerprint density at radius 3 is 2.77 bits per heavy atom. The molecule has 0 aromatic rings. The average molecular weight is 183 g/mol. The fourth-order valence-corrected chi connectivity index (χ4v) is 1.42. The fraction of sp³-hybridized carbons (Fsp3) is 0.700. The second-order valence-corrected chi connectivity index (χ2v) is 3.76. The van der Waals surface area contributed by atoms with Crippen molar-refractivity contribution in [3.63, 3.8) is 0 Å². The maximum atomic E-state index is 10.2. The number of nitrogens with zero attached hydrogens (tertiary/aromatic N) is 1. The molecule has 13 heavy (non-hydrogen) atoms. The smallest absolute Gasteiger partial charge is 0.328 e. The van der Waals surface area contributed by atoms with E-state index < -0.39 is 5.97 Å². The topological polar surface area (TPSA) is 40.5 Å². The quantitative estimate of drug-likeness (QED) is 0.654. The van der Waals surface area contributed by atoms with Gasteiger partial charge in [-0.1, -0.05) is 6.08 Å². The van der Waals surface area contributed by atoms with Crippen LogP contribution in [0.5, 0.6) is 0 Å². The van der Waals surface area contributed by atoms with Crippen LogP contribution in [0.1, 0.15) is 19.8 Å². The van der Waals surface area contributed by atoms with E-state index in [4.69, 9.17) is 5.11 Å². The van der Waals surface area contributed by atoms with Crippen LogP contribution in [0.25, 0.3) is 0 Å². The Balaban J connectivity index is 2.23. The Morgan fingerprint density at radius 1 is 1.69 bits per heavy atom. The SMILES string of the molecule is CC(C1CC1)N(C)CC=CC(=O)O. The molecule has 1 aliphatic rings. The zero-order valence-corrected chi connectivity index (χ0v) is 8.23. The first kappa shape index (κ1) is 10.3. The van der Waals surface area contributed by atoms with E-state index in [2.05, 4.69) is 11.8 Å². The van der Waals surface area contributed by atoms with Gasteiger partial charge in [0.2, 0.25) is 0 Å². The highest BCUT2D eigenvalue weighted by molar-refractivity contribution is 5.79. The highest BCUT2D eigenvalue weighted by Gasteiger charge is 2.29. The number of carbonyl (C=O) groups is 1. The molecule has 0 aliphatic heterocycles. The van der Waals surface area contributed by atoms with Crippen LogP contribution in [0.4, 0.5) is 0 Å². The molecule has 1 unspecified atom stereocenters. The Bertz CT molecular complexity index is 209. The van der Waals surface area contributed by atoms with E-state index in [0.29, 0.717) is 6.04 Å². The molecule has 0 bridgehead atoms. The molecule has 1 atom stereocenters. The first-order valence-corrected chi connectivity index (χ1v) is 4.71. The summed E-state index contributed by atoms with van der Waals surface area (Å²) >= 11 is 0. The maximum Gasteiger partial charge on any atom is 0.328 e. The largest absolute Gasteiger partial charge is 0.478 e. The summed E-state index contributed by atoms with van der Waals surface area (Å²) in [4.78, 5) is 12.4. The van der Waals surface area contributed by atoms with Gasteiger partial charge in [0.1, 0.15) is 0 Å². The third-order valence-electron chi connectivity index (χ3n) is 2.65. The van der Waals surface area contributed by atoms with Crippen molar-refractivity contribution in [2.24, 2.45) is 5.92 Å². The molecule has 1 rings (SSSR count).